The Morgan fingerprint density at radius 2 is 1.86 bits per heavy atom. The summed E-state index contributed by atoms with van der Waals surface area (Å²) in [6.45, 7) is 4.21. The molecular weight excluding hydrogens is 260 g/mol. The van der Waals surface area contributed by atoms with Crippen LogP contribution in [-0.4, -0.2) is 10.9 Å². The predicted octanol–water partition coefficient (Wildman–Crippen LogP) is 4.38. The van der Waals surface area contributed by atoms with Crippen LogP contribution in [0.5, 0.6) is 0 Å². The van der Waals surface area contributed by atoms with Crippen LogP contribution in [0.4, 0.5) is 5.69 Å². The molecule has 1 N–H and O–H groups in total. The van der Waals surface area contributed by atoms with Crippen molar-refractivity contribution in [3.8, 4) is 0 Å². The molecule has 0 fully saturated rings. The Morgan fingerprint density at radius 1 is 1.10 bits per heavy atom. The molecule has 0 aliphatic heterocycles. The van der Waals surface area contributed by atoms with Gasteiger partial charge in [0, 0.05) is 11.9 Å². The molecule has 110 valence electrons. The van der Waals surface area contributed by atoms with Crippen LogP contribution in [0.1, 0.15) is 47.8 Å². The summed E-state index contributed by atoms with van der Waals surface area (Å²) in [6, 6.07) is 11.5. The number of pyridine rings is 1. The van der Waals surface area contributed by atoms with Crippen molar-refractivity contribution in [3.05, 3.63) is 59.4 Å². The zero-order valence-corrected chi connectivity index (χ0v) is 12.7. The number of hydrogen-bond donors (Lipinski definition) is 1. The van der Waals surface area contributed by atoms with Gasteiger partial charge in [0.2, 0.25) is 0 Å². The lowest BCUT2D eigenvalue weighted by Crippen LogP contribution is -2.13. The quantitative estimate of drug-likeness (QED) is 0.799. The number of anilines is 1. The molecule has 2 aromatic rings. The van der Waals surface area contributed by atoms with Gasteiger partial charge < -0.3 is 5.32 Å². The van der Waals surface area contributed by atoms with Gasteiger partial charge in [-0.3, -0.25) is 9.78 Å². The summed E-state index contributed by atoms with van der Waals surface area (Å²) in [5.41, 5.74) is 3.60. The predicted molar refractivity (Wildman–Crippen MR) is 86.6 cm³/mol. The van der Waals surface area contributed by atoms with Crippen LogP contribution >= 0.6 is 0 Å². The Kier molecular flexibility index (Phi) is 5.50. The molecular formula is C18H22N2O. The largest absolute Gasteiger partial charge is 0.321 e. The first kappa shape index (κ1) is 15.2. The van der Waals surface area contributed by atoms with Gasteiger partial charge in [-0.1, -0.05) is 43.5 Å². The van der Waals surface area contributed by atoms with Crippen molar-refractivity contribution in [3.63, 3.8) is 0 Å². The van der Waals surface area contributed by atoms with Crippen LogP contribution in [-0.2, 0) is 6.42 Å². The minimum Gasteiger partial charge on any atom is -0.321 e. The molecule has 3 heteroatoms. The SMILES string of the molecule is CCCCCc1ccc(C(=O)Nc2ccc(C)cc2)nc1. The molecule has 0 atom stereocenters. The third-order valence-electron chi connectivity index (χ3n) is 3.44. The number of unbranched alkanes of at least 4 members (excludes halogenated alkanes) is 2. The average molecular weight is 282 g/mol. The molecule has 0 spiro atoms. The van der Waals surface area contributed by atoms with Crippen molar-refractivity contribution < 1.29 is 4.79 Å². The van der Waals surface area contributed by atoms with E-state index in [4.69, 9.17) is 0 Å². The van der Waals surface area contributed by atoms with Crippen LogP contribution in [0.2, 0.25) is 0 Å². The number of carbonyl (C=O) groups is 1. The molecule has 3 nitrogen and oxygen atoms in total. The van der Waals surface area contributed by atoms with E-state index in [0.717, 1.165) is 12.1 Å². The highest BCUT2D eigenvalue weighted by molar-refractivity contribution is 6.02. The smallest absolute Gasteiger partial charge is 0.274 e. The summed E-state index contributed by atoms with van der Waals surface area (Å²) < 4.78 is 0. The van der Waals surface area contributed by atoms with Crippen molar-refractivity contribution in [1.29, 1.82) is 0 Å². The van der Waals surface area contributed by atoms with Crippen molar-refractivity contribution in [2.45, 2.75) is 39.5 Å². The van der Waals surface area contributed by atoms with E-state index in [1.807, 2.05) is 37.3 Å². The summed E-state index contributed by atoms with van der Waals surface area (Å²) in [5.74, 6) is -0.168. The normalized spacial score (nSPS) is 10.4. The highest BCUT2D eigenvalue weighted by Gasteiger charge is 2.07. The van der Waals surface area contributed by atoms with Gasteiger partial charge in [0.1, 0.15) is 5.69 Å². The third-order valence-corrected chi connectivity index (χ3v) is 3.44. The van der Waals surface area contributed by atoms with Gasteiger partial charge in [-0.15, -0.1) is 0 Å². The topological polar surface area (TPSA) is 42.0 Å². The maximum Gasteiger partial charge on any atom is 0.274 e. The molecule has 0 radical (unpaired) electrons. The second-order valence-electron chi connectivity index (χ2n) is 5.33. The summed E-state index contributed by atoms with van der Waals surface area (Å²) in [7, 11) is 0. The van der Waals surface area contributed by atoms with Crippen LogP contribution in [0.15, 0.2) is 42.6 Å². The molecule has 2 rings (SSSR count). The Hall–Kier alpha value is -2.16. The van der Waals surface area contributed by atoms with Crippen molar-refractivity contribution in [2.75, 3.05) is 5.32 Å². The van der Waals surface area contributed by atoms with Crippen molar-refractivity contribution >= 4 is 11.6 Å². The van der Waals surface area contributed by atoms with E-state index >= 15 is 0 Å². The zero-order valence-electron chi connectivity index (χ0n) is 12.7. The van der Waals surface area contributed by atoms with Crippen LogP contribution in [0.25, 0.3) is 0 Å². The molecule has 0 aliphatic rings. The number of aromatic nitrogens is 1. The van der Waals surface area contributed by atoms with E-state index in [1.165, 1.54) is 30.4 Å². The Bertz CT molecular complexity index is 573. The lowest BCUT2D eigenvalue weighted by Gasteiger charge is -2.06. The number of nitrogens with one attached hydrogen (secondary N) is 1. The van der Waals surface area contributed by atoms with Crippen LogP contribution < -0.4 is 5.32 Å². The van der Waals surface area contributed by atoms with Gasteiger partial charge in [-0.25, -0.2) is 0 Å². The molecule has 1 amide bonds. The summed E-state index contributed by atoms with van der Waals surface area (Å²) in [5, 5.41) is 2.86. The van der Waals surface area contributed by atoms with Gasteiger partial charge in [0.15, 0.2) is 0 Å². The van der Waals surface area contributed by atoms with Gasteiger partial charge in [-0.2, -0.15) is 0 Å². The van der Waals surface area contributed by atoms with Crippen molar-refractivity contribution in [1.82, 2.24) is 4.98 Å². The Balaban J connectivity index is 1.94. The van der Waals surface area contributed by atoms with Gasteiger partial charge in [0.25, 0.3) is 5.91 Å². The van der Waals surface area contributed by atoms with E-state index in [-0.39, 0.29) is 5.91 Å². The van der Waals surface area contributed by atoms with E-state index in [0.29, 0.717) is 5.69 Å². The van der Waals surface area contributed by atoms with E-state index in [1.54, 1.807) is 12.3 Å². The number of aryl methyl sites for hydroxylation is 2. The fourth-order valence-corrected chi connectivity index (χ4v) is 2.12. The molecule has 0 bridgehead atoms. The summed E-state index contributed by atoms with van der Waals surface area (Å²) in [6.07, 6.45) is 6.45. The standard InChI is InChI=1S/C18H22N2O/c1-3-4-5-6-15-9-12-17(19-13-15)18(21)20-16-10-7-14(2)8-11-16/h7-13H,3-6H2,1-2H3,(H,20,21). The number of rotatable bonds is 6. The molecule has 21 heavy (non-hydrogen) atoms. The Labute approximate surface area is 126 Å². The highest BCUT2D eigenvalue weighted by atomic mass is 16.1. The monoisotopic (exact) mass is 282 g/mol. The van der Waals surface area contributed by atoms with E-state index in [9.17, 15) is 4.79 Å². The van der Waals surface area contributed by atoms with E-state index < -0.39 is 0 Å². The fraction of sp³-hybridized carbons (Fsp3) is 0.333. The van der Waals surface area contributed by atoms with Crippen LogP contribution in [0, 0.1) is 6.92 Å². The third kappa shape index (κ3) is 4.71. The lowest BCUT2D eigenvalue weighted by atomic mass is 10.1. The average Bonchev–Trinajstić information content (AvgIpc) is 2.50. The van der Waals surface area contributed by atoms with Crippen molar-refractivity contribution in [2.24, 2.45) is 0 Å². The number of benzene rings is 1. The molecule has 1 heterocycles. The number of hydrogen-bond acceptors (Lipinski definition) is 2. The molecule has 0 saturated heterocycles. The van der Waals surface area contributed by atoms with Gasteiger partial charge >= 0.3 is 0 Å². The maximum absolute atomic E-state index is 12.1. The molecule has 0 saturated carbocycles. The second-order valence-corrected chi connectivity index (χ2v) is 5.33. The first-order valence-electron chi connectivity index (χ1n) is 7.52. The zero-order chi connectivity index (χ0) is 15.1. The fourth-order valence-electron chi connectivity index (χ4n) is 2.12. The second kappa shape index (κ2) is 7.58. The molecule has 1 aromatic heterocycles. The summed E-state index contributed by atoms with van der Waals surface area (Å²) >= 11 is 0. The lowest BCUT2D eigenvalue weighted by molar-refractivity contribution is 0.102. The van der Waals surface area contributed by atoms with Gasteiger partial charge in [0.05, 0.1) is 0 Å². The molecule has 0 aliphatic carbocycles. The minimum absolute atomic E-state index is 0.168. The first-order valence-corrected chi connectivity index (χ1v) is 7.52. The summed E-state index contributed by atoms with van der Waals surface area (Å²) in [4.78, 5) is 16.4. The minimum atomic E-state index is -0.168. The number of amides is 1. The highest BCUT2D eigenvalue weighted by Crippen LogP contribution is 2.11. The number of nitrogens with zero attached hydrogens (tertiary/aromatic N) is 1. The Morgan fingerprint density at radius 3 is 2.48 bits per heavy atom. The van der Waals surface area contributed by atoms with Crippen LogP contribution in [0.3, 0.4) is 0 Å². The molecule has 0 unspecified atom stereocenters. The maximum atomic E-state index is 12.1. The number of carbonyl (C=O) groups excluding carboxylic acids is 1. The van der Waals surface area contributed by atoms with E-state index in [2.05, 4.69) is 17.2 Å². The molecule has 1 aromatic carbocycles. The first-order chi connectivity index (χ1) is 10.2. The van der Waals surface area contributed by atoms with Gasteiger partial charge in [-0.05, 0) is 43.5 Å².